The van der Waals surface area contributed by atoms with E-state index in [9.17, 15) is 18.7 Å². The lowest BCUT2D eigenvalue weighted by Crippen LogP contribution is -2.12. The van der Waals surface area contributed by atoms with Gasteiger partial charge in [0.25, 0.3) is 0 Å². The molecule has 22 heavy (non-hydrogen) atoms. The SMILES string of the molecule is CCOC(=O)C[C@H](c1ccc(O)cc1)c1cc(F)cc(F)c1. The molecule has 0 unspecified atom stereocenters. The van der Waals surface area contributed by atoms with Gasteiger partial charge in [-0.3, -0.25) is 4.79 Å². The maximum Gasteiger partial charge on any atom is 0.306 e. The number of phenols is 1. The van der Waals surface area contributed by atoms with Gasteiger partial charge < -0.3 is 9.84 Å². The van der Waals surface area contributed by atoms with E-state index >= 15 is 0 Å². The van der Waals surface area contributed by atoms with Crippen molar-refractivity contribution < 1.29 is 23.4 Å². The minimum absolute atomic E-state index is 0.0402. The molecule has 116 valence electrons. The second-order valence-corrected chi connectivity index (χ2v) is 4.86. The summed E-state index contributed by atoms with van der Waals surface area (Å²) in [7, 11) is 0. The number of benzene rings is 2. The molecule has 2 rings (SSSR count). The third-order valence-corrected chi connectivity index (χ3v) is 3.26. The number of hydrogen-bond donors (Lipinski definition) is 1. The third kappa shape index (κ3) is 4.04. The zero-order valence-corrected chi connectivity index (χ0v) is 12.1. The highest BCUT2D eigenvalue weighted by atomic mass is 19.1. The van der Waals surface area contributed by atoms with Gasteiger partial charge in [0.05, 0.1) is 13.0 Å². The Morgan fingerprint density at radius 2 is 1.68 bits per heavy atom. The summed E-state index contributed by atoms with van der Waals surface area (Å²) >= 11 is 0. The van der Waals surface area contributed by atoms with Gasteiger partial charge in [0.2, 0.25) is 0 Å². The summed E-state index contributed by atoms with van der Waals surface area (Å²) in [4.78, 5) is 11.8. The van der Waals surface area contributed by atoms with Gasteiger partial charge in [0.1, 0.15) is 17.4 Å². The predicted molar refractivity (Wildman–Crippen MR) is 77.6 cm³/mol. The largest absolute Gasteiger partial charge is 0.508 e. The van der Waals surface area contributed by atoms with Gasteiger partial charge in [0, 0.05) is 12.0 Å². The minimum atomic E-state index is -0.706. The smallest absolute Gasteiger partial charge is 0.306 e. The Balaban J connectivity index is 2.40. The molecule has 1 atom stereocenters. The van der Waals surface area contributed by atoms with Crippen LogP contribution in [-0.4, -0.2) is 17.7 Å². The van der Waals surface area contributed by atoms with Crippen LogP contribution in [0.25, 0.3) is 0 Å². The van der Waals surface area contributed by atoms with Crippen molar-refractivity contribution in [3.05, 3.63) is 65.2 Å². The van der Waals surface area contributed by atoms with E-state index in [1.807, 2.05) is 0 Å². The van der Waals surface area contributed by atoms with Crippen molar-refractivity contribution in [2.45, 2.75) is 19.3 Å². The Bertz CT molecular complexity index is 633. The Morgan fingerprint density at radius 3 is 2.23 bits per heavy atom. The zero-order chi connectivity index (χ0) is 16.1. The van der Waals surface area contributed by atoms with Gasteiger partial charge in [-0.2, -0.15) is 0 Å². The average Bonchev–Trinajstić information content (AvgIpc) is 2.45. The van der Waals surface area contributed by atoms with E-state index in [1.54, 1.807) is 19.1 Å². The molecule has 0 bridgehead atoms. The first-order valence-corrected chi connectivity index (χ1v) is 6.90. The summed E-state index contributed by atoms with van der Waals surface area (Å²) in [6.45, 7) is 1.92. The molecule has 0 saturated carbocycles. The fourth-order valence-corrected chi connectivity index (χ4v) is 2.30. The van der Waals surface area contributed by atoms with Crippen LogP contribution >= 0.6 is 0 Å². The molecule has 0 radical (unpaired) electrons. The lowest BCUT2D eigenvalue weighted by atomic mass is 9.88. The van der Waals surface area contributed by atoms with Crippen molar-refractivity contribution in [1.29, 1.82) is 0 Å². The summed E-state index contributed by atoms with van der Waals surface area (Å²) in [6.07, 6.45) is -0.0402. The maximum absolute atomic E-state index is 13.5. The molecule has 3 nitrogen and oxygen atoms in total. The molecule has 0 aliphatic rings. The summed E-state index contributed by atoms with van der Waals surface area (Å²) < 4.78 is 31.8. The molecule has 0 aromatic heterocycles. The molecule has 1 N–H and O–H groups in total. The van der Waals surface area contributed by atoms with Crippen molar-refractivity contribution in [1.82, 2.24) is 0 Å². The molecule has 0 fully saturated rings. The molecule has 0 saturated heterocycles. The molecular formula is C17H16F2O3. The highest BCUT2D eigenvalue weighted by Gasteiger charge is 2.20. The molecule has 0 heterocycles. The van der Waals surface area contributed by atoms with Crippen LogP contribution in [0.4, 0.5) is 8.78 Å². The molecule has 0 amide bonds. The zero-order valence-electron chi connectivity index (χ0n) is 12.1. The van der Waals surface area contributed by atoms with E-state index < -0.39 is 23.5 Å². The van der Waals surface area contributed by atoms with Gasteiger partial charge in [-0.25, -0.2) is 8.78 Å². The van der Waals surface area contributed by atoms with Gasteiger partial charge in [-0.1, -0.05) is 12.1 Å². The number of carbonyl (C=O) groups excluding carboxylic acids is 1. The first-order chi connectivity index (χ1) is 10.5. The minimum Gasteiger partial charge on any atom is -0.508 e. The monoisotopic (exact) mass is 306 g/mol. The van der Waals surface area contributed by atoms with Crippen molar-refractivity contribution in [3.63, 3.8) is 0 Å². The Kier molecular flexibility index (Phi) is 5.09. The lowest BCUT2D eigenvalue weighted by molar-refractivity contribution is -0.143. The highest BCUT2D eigenvalue weighted by molar-refractivity contribution is 5.71. The number of halogens is 2. The van der Waals surface area contributed by atoms with Crippen LogP contribution in [0.3, 0.4) is 0 Å². The van der Waals surface area contributed by atoms with E-state index in [4.69, 9.17) is 4.74 Å². The first-order valence-electron chi connectivity index (χ1n) is 6.90. The lowest BCUT2D eigenvalue weighted by Gasteiger charge is -2.17. The van der Waals surface area contributed by atoms with Crippen molar-refractivity contribution in [3.8, 4) is 5.75 Å². The Hall–Kier alpha value is -2.43. The number of phenolic OH excluding ortho intramolecular Hbond substituents is 1. The summed E-state index contributed by atoms with van der Waals surface area (Å²) in [5.74, 6) is -2.34. The quantitative estimate of drug-likeness (QED) is 0.856. The van der Waals surface area contributed by atoms with Crippen LogP contribution in [0.5, 0.6) is 5.75 Å². The fourth-order valence-electron chi connectivity index (χ4n) is 2.30. The first kappa shape index (κ1) is 15.9. The van der Waals surface area contributed by atoms with Crippen LogP contribution in [0.15, 0.2) is 42.5 Å². The number of hydrogen-bond acceptors (Lipinski definition) is 3. The van der Waals surface area contributed by atoms with E-state index in [0.717, 1.165) is 6.07 Å². The summed E-state index contributed by atoms with van der Waals surface area (Å²) in [6, 6.07) is 9.32. The van der Waals surface area contributed by atoms with Crippen LogP contribution in [0, 0.1) is 11.6 Å². The van der Waals surface area contributed by atoms with Gasteiger partial charge in [-0.15, -0.1) is 0 Å². The highest BCUT2D eigenvalue weighted by Crippen LogP contribution is 2.30. The topological polar surface area (TPSA) is 46.5 Å². The number of carbonyl (C=O) groups is 1. The Labute approximate surface area is 127 Å². The maximum atomic E-state index is 13.5. The van der Waals surface area contributed by atoms with Gasteiger partial charge in [-0.05, 0) is 42.3 Å². The van der Waals surface area contributed by atoms with Gasteiger partial charge >= 0.3 is 5.97 Å². The number of esters is 1. The van der Waals surface area contributed by atoms with Crippen LogP contribution in [0.2, 0.25) is 0 Å². The predicted octanol–water partition coefficient (Wildman–Crippen LogP) is 3.76. The summed E-state index contributed by atoms with van der Waals surface area (Å²) in [5.41, 5.74) is 1.01. The standard InChI is InChI=1S/C17H16F2O3/c1-2-22-17(21)10-16(11-3-5-15(20)6-4-11)12-7-13(18)9-14(19)8-12/h3-9,16,20H,2,10H2,1H3/t16-/m1/s1. The van der Waals surface area contributed by atoms with Crippen molar-refractivity contribution in [2.24, 2.45) is 0 Å². The normalized spacial score (nSPS) is 12.0. The van der Waals surface area contributed by atoms with E-state index in [-0.39, 0.29) is 18.8 Å². The fraction of sp³-hybridized carbons (Fsp3) is 0.235. The molecule has 2 aromatic rings. The molecule has 2 aromatic carbocycles. The summed E-state index contributed by atoms with van der Waals surface area (Å²) in [5, 5.41) is 9.35. The van der Waals surface area contributed by atoms with Crippen molar-refractivity contribution >= 4 is 5.97 Å². The van der Waals surface area contributed by atoms with E-state index in [0.29, 0.717) is 11.1 Å². The van der Waals surface area contributed by atoms with Crippen LogP contribution < -0.4 is 0 Å². The van der Waals surface area contributed by atoms with Gasteiger partial charge in [0.15, 0.2) is 0 Å². The van der Waals surface area contributed by atoms with E-state index in [1.165, 1.54) is 24.3 Å². The molecule has 0 aliphatic carbocycles. The average molecular weight is 306 g/mol. The Morgan fingerprint density at radius 1 is 1.09 bits per heavy atom. The number of ether oxygens (including phenoxy) is 1. The van der Waals surface area contributed by atoms with Crippen LogP contribution in [-0.2, 0) is 9.53 Å². The second-order valence-electron chi connectivity index (χ2n) is 4.86. The molecule has 0 spiro atoms. The number of aromatic hydroxyl groups is 1. The van der Waals surface area contributed by atoms with Crippen LogP contribution in [0.1, 0.15) is 30.4 Å². The van der Waals surface area contributed by atoms with E-state index in [2.05, 4.69) is 0 Å². The molecule has 5 heteroatoms. The second kappa shape index (κ2) is 7.02. The third-order valence-electron chi connectivity index (χ3n) is 3.26. The molecule has 0 aliphatic heterocycles. The number of rotatable bonds is 5. The van der Waals surface area contributed by atoms with Crippen molar-refractivity contribution in [2.75, 3.05) is 6.61 Å². The molecular weight excluding hydrogens is 290 g/mol.